The number of ether oxygens (including phenoxy) is 1. The molecule has 0 aromatic rings. The average Bonchev–Trinajstić information content (AvgIpc) is 2.18. The Morgan fingerprint density at radius 1 is 1.60 bits per heavy atom. The van der Waals surface area contributed by atoms with Gasteiger partial charge in [0.25, 0.3) is 0 Å². The summed E-state index contributed by atoms with van der Waals surface area (Å²) in [4.78, 5) is 2.44. The minimum atomic E-state index is 0.523. The van der Waals surface area contributed by atoms with Gasteiger partial charge >= 0.3 is 0 Å². The lowest BCUT2D eigenvalue weighted by atomic mass is 10.2. The normalized spacial score (nSPS) is 23.3. The topological polar surface area (TPSA) is 24.5 Å². The summed E-state index contributed by atoms with van der Waals surface area (Å²) < 4.78 is 5.40. The van der Waals surface area contributed by atoms with Crippen molar-refractivity contribution in [2.75, 3.05) is 32.8 Å². The summed E-state index contributed by atoms with van der Waals surface area (Å²) in [6.45, 7) is 15.3. The fourth-order valence-electron chi connectivity index (χ4n) is 1.69. The van der Waals surface area contributed by atoms with Gasteiger partial charge in [-0.3, -0.25) is 4.90 Å². The van der Waals surface area contributed by atoms with Crippen LogP contribution in [0.2, 0.25) is 0 Å². The lowest BCUT2D eigenvalue weighted by molar-refractivity contribution is 0.00419. The van der Waals surface area contributed by atoms with Crippen molar-refractivity contribution < 1.29 is 4.74 Å². The molecule has 0 amide bonds. The molecule has 1 heterocycles. The van der Waals surface area contributed by atoms with Gasteiger partial charge in [0.1, 0.15) is 0 Å². The molecule has 15 heavy (non-hydrogen) atoms. The molecule has 1 fully saturated rings. The van der Waals surface area contributed by atoms with E-state index in [0.717, 1.165) is 32.8 Å². The highest BCUT2D eigenvalue weighted by molar-refractivity contribution is 5.01. The van der Waals surface area contributed by atoms with E-state index < -0.39 is 0 Å². The molecule has 3 heteroatoms. The number of hydrogen-bond donors (Lipinski definition) is 1. The van der Waals surface area contributed by atoms with Crippen molar-refractivity contribution in [3.63, 3.8) is 0 Å². The summed E-state index contributed by atoms with van der Waals surface area (Å²) in [6.07, 6.45) is 0. The quantitative estimate of drug-likeness (QED) is 0.694. The zero-order chi connectivity index (χ0) is 11.3. The molecule has 0 spiro atoms. The maximum atomic E-state index is 5.40. The smallest absolute Gasteiger partial charge is 0.0619 e. The predicted octanol–water partition coefficient (Wildman–Crippen LogP) is 1.26. The molecule has 88 valence electrons. The standard InChI is InChI=1S/C12H24N2O/c1-10(2)13-7-11(3)8-14-5-6-15-9-12(14)4/h10,12-13H,3,5-9H2,1-2,4H3. The summed E-state index contributed by atoms with van der Waals surface area (Å²) in [5, 5.41) is 3.39. The van der Waals surface area contributed by atoms with E-state index in [1.165, 1.54) is 5.57 Å². The molecule has 1 atom stereocenters. The molecular weight excluding hydrogens is 188 g/mol. The Morgan fingerprint density at radius 3 is 2.93 bits per heavy atom. The third kappa shape index (κ3) is 4.78. The maximum Gasteiger partial charge on any atom is 0.0619 e. The number of morpholine rings is 1. The Balaban J connectivity index is 2.24. The van der Waals surface area contributed by atoms with Crippen LogP contribution in [-0.2, 0) is 4.74 Å². The van der Waals surface area contributed by atoms with E-state index in [4.69, 9.17) is 4.74 Å². The Bertz CT molecular complexity index is 204. The van der Waals surface area contributed by atoms with E-state index in [9.17, 15) is 0 Å². The van der Waals surface area contributed by atoms with Gasteiger partial charge in [-0.1, -0.05) is 20.4 Å². The number of hydrogen-bond acceptors (Lipinski definition) is 3. The lowest BCUT2D eigenvalue weighted by Gasteiger charge is -2.33. The van der Waals surface area contributed by atoms with Crippen LogP contribution in [0, 0.1) is 0 Å². The van der Waals surface area contributed by atoms with Crippen molar-refractivity contribution in [1.82, 2.24) is 10.2 Å². The van der Waals surface area contributed by atoms with Crippen LogP contribution in [-0.4, -0.2) is 49.8 Å². The number of nitrogens with one attached hydrogen (secondary N) is 1. The highest BCUT2D eigenvalue weighted by Gasteiger charge is 2.18. The van der Waals surface area contributed by atoms with Gasteiger partial charge in [-0.2, -0.15) is 0 Å². The van der Waals surface area contributed by atoms with Gasteiger partial charge in [-0.05, 0) is 12.5 Å². The van der Waals surface area contributed by atoms with Gasteiger partial charge in [0.15, 0.2) is 0 Å². The second-order valence-corrected chi connectivity index (χ2v) is 4.68. The van der Waals surface area contributed by atoms with E-state index in [1.807, 2.05) is 0 Å². The minimum absolute atomic E-state index is 0.523. The molecule has 0 radical (unpaired) electrons. The SMILES string of the molecule is C=C(CNC(C)C)CN1CCOCC1C. The second kappa shape index (κ2) is 6.26. The first-order chi connectivity index (χ1) is 7.09. The first-order valence-corrected chi connectivity index (χ1v) is 5.81. The largest absolute Gasteiger partial charge is 0.379 e. The van der Waals surface area contributed by atoms with Gasteiger partial charge in [-0.15, -0.1) is 0 Å². The highest BCUT2D eigenvalue weighted by Crippen LogP contribution is 2.07. The molecular formula is C12H24N2O. The fourth-order valence-corrected chi connectivity index (χ4v) is 1.69. The van der Waals surface area contributed by atoms with Crippen LogP contribution in [0.1, 0.15) is 20.8 Å². The zero-order valence-corrected chi connectivity index (χ0v) is 10.3. The van der Waals surface area contributed by atoms with Gasteiger partial charge in [0.2, 0.25) is 0 Å². The molecule has 3 nitrogen and oxygen atoms in total. The summed E-state index contributed by atoms with van der Waals surface area (Å²) in [5.74, 6) is 0. The van der Waals surface area contributed by atoms with Crippen LogP contribution in [0.15, 0.2) is 12.2 Å². The van der Waals surface area contributed by atoms with E-state index >= 15 is 0 Å². The maximum absolute atomic E-state index is 5.40. The molecule has 0 aliphatic carbocycles. The predicted molar refractivity (Wildman–Crippen MR) is 64.1 cm³/mol. The monoisotopic (exact) mass is 212 g/mol. The summed E-state index contributed by atoms with van der Waals surface area (Å²) >= 11 is 0. The third-order valence-electron chi connectivity index (χ3n) is 2.69. The van der Waals surface area contributed by atoms with E-state index in [-0.39, 0.29) is 0 Å². The Morgan fingerprint density at radius 2 is 2.33 bits per heavy atom. The van der Waals surface area contributed by atoms with Crippen molar-refractivity contribution in [3.8, 4) is 0 Å². The third-order valence-corrected chi connectivity index (χ3v) is 2.69. The van der Waals surface area contributed by atoms with Crippen LogP contribution in [0.25, 0.3) is 0 Å². The molecule has 0 aromatic carbocycles. The van der Waals surface area contributed by atoms with E-state index in [0.29, 0.717) is 12.1 Å². The second-order valence-electron chi connectivity index (χ2n) is 4.68. The average molecular weight is 212 g/mol. The van der Waals surface area contributed by atoms with Gasteiger partial charge < -0.3 is 10.1 Å². The Kier molecular flexibility index (Phi) is 5.29. The summed E-state index contributed by atoms with van der Waals surface area (Å²) in [5.41, 5.74) is 1.26. The highest BCUT2D eigenvalue weighted by atomic mass is 16.5. The molecule has 0 aromatic heterocycles. The lowest BCUT2D eigenvalue weighted by Crippen LogP contribution is -2.45. The molecule has 1 aliphatic rings. The first kappa shape index (κ1) is 12.7. The summed E-state index contributed by atoms with van der Waals surface area (Å²) in [6, 6.07) is 1.05. The van der Waals surface area contributed by atoms with Crippen LogP contribution in [0.5, 0.6) is 0 Å². The van der Waals surface area contributed by atoms with Crippen LogP contribution < -0.4 is 5.32 Å². The molecule has 1 unspecified atom stereocenters. The van der Waals surface area contributed by atoms with Crippen molar-refractivity contribution in [1.29, 1.82) is 0 Å². The summed E-state index contributed by atoms with van der Waals surface area (Å²) in [7, 11) is 0. The first-order valence-electron chi connectivity index (χ1n) is 5.81. The Labute approximate surface area is 93.5 Å². The van der Waals surface area contributed by atoms with E-state index in [2.05, 4.69) is 37.6 Å². The van der Waals surface area contributed by atoms with Crippen molar-refractivity contribution in [2.24, 2.45) is 0 Å². The van der Waals surface area contributed by atoms with Crippen molar-refractivity contribution in [3.05, 3.63) is 12.2 Å². The van der Waals surface area contributed by atoms with Crippen LogP contribution in [0.4, 0.5) is 0 Å². The molecule has 0 saturated carbocycles. The number of rotatable bonds is 5. The molecule has 0 bridgehead atoms. The Hall–Kier alpha value is -0.380. The van der Waals surface area contributed by atoms with Gasteiger partial charge in [0, 0.05) is 31.7 Å². The number of nitrogens with zero attached hydrogens (tertiary/aromatic N) is 1. The van der Waals surface area contributed by atoms with Gasteiger partial charge in [0.05, 0.1) is 13.2 Å². The zero-order valence-electron chi connectivity index (χ0n) is 10.3. The molecule has 1 aliphatic heterocycles. The minimum Gasteiger partial charge on any atom is -0.379 e. The molecule has 1 N–H and O–H groups in total. The van der Waals surface area contributed by atoms with E-state index in [1.54, 1.807) is 0 Å². The molecule has 1 rings (SSSR count). The van der Waals surface area contributed by atoms with Crippen molar-refractivity contribution in [2.45, 2.75) is 32.9 Å². The van der Waals surface area contributed by atoms with Crippen molar-refractivity contribution >= 4 is 0 Å². The van der Waals surface area contributed by atoms with Gasteiger partial charge in [-0.25, -0.2) is 0 Å². The fraction of sp³-hybridized carbons (Fsp3) is 0.833. The van der Waals surface area contributed by atoms with Crippen LogP contribution >= 0.6 is 0 Å². The molecule has 1 saturated heterocycles. The van der Waals surface area contributed by atoms with Crippen LogP contribution in [0.3, 0.4) is 0 Å².